The lowest BCUT2D eigenvalue weighted by Gasteiger charge is -2.34. The van der Waals surface area contributed by atoms with Gasteiger partial charge in [0, 0.05) is 30.4 Å². The maximum atomic E-state index is 12.1. The lowest BCUT2D eigenvalue weighted by atomic mass is 10.0. The molecule has 0 radical (unpaired) electrons. The Morgan fingerprint density at radius 3 is 3.15 bits per heavy atom. The highest BCUT2D eigenvalue weighted by atomic mass is 16.5. The lowest BCUT2D eigenvalue weighted by Crippen LogP contribution is -2.46. The first-order chi connectivity index (χ1) is 9.74. The summed E-state index contributed by atoms with van der Waals surface area (Å²) >= 11 is 0. The van der Waals surface area contributed by atoms with Crippen LogP contribution in [0.2, 0.25) is 0 Å². The van der Waals surface area contributed by atoms with E-state index in [1.54, 1.807) is 25.4 Å². The zero-order valence-electron chi connectivity index (χ0n) is 12.3. The highest BCUT2D eigenvalue weighted by Crippen LogP contribution is 2.16. The largest absolute Gasteiger partial charge is 0.481 e. The van der Waals surface area contributed by atoms with Gasteiger partial charge >= 0.3 is 0 Å². The molecule has 0 bridgehead atoms. The Kier molecular flexibility index (Phi) is 5.35. The van der Waals surface area contributed by atoms with Crippen LogP contribution in [0.15, 0.2) is 18.3 Å². The third-order valence-corrected chi connectivity index (χ3v) is 3.86. The van der Waals surface area contributed by atoms with Crippen molar-refractivity contribution >= 4 is 5.91 Å². The molecule has 5 nitrogen and oxygen atoms in total. The molecule has 0 aliphatic carbocycles. The molecular formula is C15H23N3O2. The summed E-state index contributed by atoms with van der Waals surface area (Å²) in [7, 11) is 1.55. The van der Waals surface area contributed by atoms with Gasteiger partial charge < -0.3 is 10.1 Å². The van der Waals surface area contributed by atoms with E-state index in [9.17, 15) is 4.79 Å². The summed E-state index contributed by atoms with van der Waals surface area (Å²) < 4.78 is 5.03. The van der Waals surface area contributed by atoms with Crippen molar-refractivity contribution in [1.82, 2.24) is 15.2 Å². The van der Waals surface area contributed by atoms with Gasteiger partial charge in [-0.25, -0.2) is 4.98 Å². The minimum absolute atomic E-state index is 0.0627. The molecule has 110 valence electrons. The number of pyridine rings is 1. The van der Waals surface area contributed by atoms with Crippen LogP contribution in [-0.4, -0.2) is 48.6 Å². The highest BCUT2D eigenvalue weighted by molar-refractivity contribution is 5.94. The van der Waals surface area contributed by atoms with Gasteiger partial charge in [-0.2, -0.15) is 0 Å². The van der Waals surface area contributed by atoms with Crippen LogP contribution in [0.5, 0.6) is 5.88 Å². The Morgan fingerprint density at radius 1 is 1.55 bits per heavy atom. The molecule has 2 rings (SSSR count). The van der Waals surface area contributed by atoms with Crippen molar-refractivity contribution in [2.45, 2.75) is 32.2 Å². The minimum atomic E-state index is -0.0627. The number of nitrogens with zero attached hydrogens (tertiary/aromatic N) is 2. The summed E-state index contributed by atoms with van der Waals surface area (Å²) in [6.07, 6.45) is 5.26. The quantitative estimate of drug-likeness (QED) is 0.890. The third kappa shape index (κ3) is 3.70. The van der Waals surface area contributed by atoms with E-state index in [4.69, 9.17) is 4.74 Å². The summed E-state index contributed by atoms with van der Waals surface area (Å²) in [6, 6.07) is 3.82. The predicted molar refractivity (Wildman–Crippen MR) is 78.0 cm³/mol. The van der Waals surface area contributed by atoms with Crippen molar-refractivity contribution in [3.05, 3.63) is 23.9 Å². The summed E-state index contributed by atoms with van der Waals surface area (Å²) in [6.45, 7) is 5.06. The second-order valence-electron chi connectivity index (χ2n) is 5.08. The molecule has 2 heterocycles. The number of hydrogen-bond donors (Lipinski definition) is 1. The van der Waals surface area contributed by atoms with E-state index >= 15 is 0 Å². The molecule has 1 N–H and O–H groups in total. The molecule has 1 fully saturated rings. The number of methoxy groups -OCH3 is 1. The van der Waals surface area contributed by atoms with Gasteiger partial charge in [0.05, 0.1) is 7.11 Å². The van der Waals surface area contributed by atoms with Crippen LogP contribution in [0.4, 0.5) is 0 Å². The molecule has 20 heavy (non-hydrogen) atoms. The van der Waals surface area contributed by atoms with Crippen molar-refractivity contribution < 1.29 is 9.53 Å². The average molecular weight is 277 g/mol. The van der Waals surface area contributed by atoms with Gasteiger partial charge in [-0.1, -0.05) is 13.3 Å². The fourth-order valence-electron chi connectivity index (χ4n) is 2.68. The molecule has 1 aliphatic heterocycles. The Hall–Kier alpha value is -1.62. The topological polar surface area (TPSA) is 54.5 Å². The van der Waals surface area contributed by atoms with Gasteiger partial charge in [0.15, 0.2) is 0 Å². The molecule has 1 atom stereocenters. The molecule has 0 aromatic carbocycles. The van der Waals surface area contributed by atoms with E-state index in [2.05, 4.69) is 22.1 Å². The average Bonchev–Trinajstić information content (AvgIpc) is 2.52. The number of piperidine rings is 1. The number of rotatable bonds is 5. The summed E-state index contributed by atoms with van der Waals surface area (Å²) in [5.74, 6) is 0.401. The predicted octanol–water partition coefficient (Wildman–Crippen LogP) is 1.69. The normalized spacial score (nSPS) is 19.6. The van der Waals surface area contributed by atoms with Gasteiger partial charge in [-0.15, -0.1) is 0 Å². The highest BCUT2D eigenvalue weighted by Gasteiger charge is 2.21. The number of aromatic nitrogens is 1. The monoisotopic (exact) mass is 277 g/mol. The van der Waals surface area contributed by atoms with Crippen LogP contribution >= 0.6 is 0 Å². The van der Waals surface area contributed by atoms with Crippen molar-refractivity contribution in [1.29, 1.82) is 0 Å². The Balaban J connectivity index is 1.90. The van der Waals surface area contributed by atoms with Crippen LogP contribution < -0.4 is 10.1 Å². The molecule has 0 unspecified atom stereocenters. The molecule has 1 aliphatic rings. The molecule has 0 saturated carbocycles. The molecule has 1 aromatic rings. The van der Waals surface area contributed by atoms with E-state index < -0.39 is 0 Å². The van der Waals surface area contributed by atoms with Crippen molar-refractivity contribution in [3.8, 4) is 5.88 Å². The number of ether oxygens (including phenoxy) is 1. The minimum Gasteiger partial charge on any atom is -0.481 e. The number of likely N-dealkylation sites (tertiary alicyclic amines) is 1. The van der Waals surface area contributed by atoms with Crippen LogP contribution in [0.1, 0.15) is 36.5 Å². The van der Waals surface area contributed by atoms with E-state index in [0.717, 1.165) is 19.5 Å². The molecule has 1 amide bonds. The first-order valence-corrected chi connectivity index (χ1v) is 7.27. The number of nitrogens with one attached hydrogen (secondary N) is 1. The Morgan fingerprint density at radius 2 is 2.40 bits per heavy atom. The first-order valence-electron chi connectivity index (χ1n) is 7.27. The molecule has 0 spiro atoms. The number of amides is 1. The maximum Gasteiger partial charge on any atom is 0.251 e. The van der Waals surface area contributed by atoms with Crippen molar-refractivity contribution in [2.24, 2.45) is 0 Å². The third-order valence-electron chi connectivity index (χ3n) is 3.86. The van der Waals surface area contributed by atoms with Crippen molar-refractivity contribution in [3.63, 3.8) is 0 Å². The zero-order chi connectivity index (χ0) is 14.4. The summed E-state index contributed by atoms with van der Waals surface area (Å²) in [5, 5.41) is 3.02. The number of hydrogen-bond acceptors (Lipinski definition) is 4. The van der Waals surface area contributed by atoms with Gasteiger partial charge in [0.2, 0.25) is 5.88 Å². The van der Waals surface area contributed by atoms with Gasteiger partial charge in [0.25, 0.3) is 5.91 Å². The fraction of sp³-hybridized carbons (Fsp3) is 0.600. The standard InChI is InChI=1S/C15H23N3O2/c1-3-18-9-5-4-6-13(18)11-17-15(19)12-7-8-16-14(10-12)20-2/h7-8,10,13H,3-6,9,11H2,1-2H3,(H,17,19)/t13-/m1/s1. The van der Waals surface area contributed by atoms with Crippen LogP contribution in [0.3, 0.4) is 0 Å². The lowest BCUT2D eigenvalue weighted by molar-refractivity contribution is 0.0917. The van der Waals surface area contributed by atoms with Gasteiger partial charge in [0.1, 0.15) is 0 Å². The second-order valence-corrected chi connectivity index (χ2v) is 5.08. The molecule has 5 heteroatoms. The first kappa shape index (κ1) is 14.8. The smallest absolute Gasteiger partial charge is 0.251 e. The van der Waals surface area contributed by atoms with Crippen molar-refractivity contribution in [2.75, 3.05) is 26.7 Å². The van der Waals surface area contributed by atoms with Gasteiger partial charge in [-0.05, 0) is 32.0 Å². The molecule has 1 saturated heterocycles. The summed E-state index contributed by atoms with van der Waals surface area (Å²) in [4.78, 5) is 18.6. The second kappa shape index (κ2) is 7.24. The fourth-order valence-corrected chi connectivity index (χ4v) is 2.68. The molecular weight excluding hydrogens is 254 g/mol. The number of carbonyl (C=O) groups is 1. The van der Waals surface area contributed by atoms with Gasteiger partial charge in [-0.3, -0.25) is 9.69 Å². The Bertz CT molecular complexity index is 450. The van der Waals surface area contributed by atoms with Crippen LogP contribution in [0.25, 0.3) is 0 Å². The SMILES string of the molecule is CCN1CCCC[C@@H]1CNC(=O)c1ccnc(OC)c1. The van der Waals surface area contributed by atoms with E-state index in [1.807, 2.05) is 0 Å². The van der Waals surface area contributed by atoms with E-state index in [-0.39, 0.29) is 5.91 Å². The van der Waals surface area contributed by atoms with Crippen LogP contribution in [0, 0.1) is 0 Å². The Labute approximate surface area is 120 Å². The zero-order valence-corrected chi connectivity index (χ0v) is 12.3. The van der Waals surface area contributed by atoms with E-state index in [0.29, 0.717) is 24.0 Å². The number of likely N-dealkylation sites (N-methyl/N-ethyl adjacent to an activating group) is 1. The molecule has 1 aromatic heterocycles. The maximum absolute atomic E-state index is 12.1. The van der Waals surface area contributed by atoms with E-state index in [1.165, 1.54) is 12.8 Å². The number of carbonyl (C=O) groups excluding carboxylic acids is 1. The summed E-state index contributed by atoms with van der Waals surface area (Å²) in [5.41, 5.74) is 0.593. The van der Waals surface area contributed by atoms with Crippen LogP contribution in [-0.2, 0) is 0 Å².